The van der Waals surface area contributed by atoms with Crippen LogP contribution >= 0.6 is 0 Å². The highest BCUT2D eigenvalue weighted by atomic mass is 28.3. The molecule has 0 nitrogen and oxygen atoms in total. The van der Waals surface area contributed by atoms with Gasteiger partial charge in [0, 0.05) is 0 Å². The van der Waals surface area contributed by atoms with Gasteiger partial charge in [0.1, 0.15) is 8.80 Å². The fourth-order valence-corrected chi connectivity index (χ4v) is 10.1. The van der Waals surface area contributed by atoms with Gasteiger partial charge >= 0.3 is 0 Å². The summed E-state index contributed by atoms with van der Waals surface area (Å²) in [6.07, 6.45) is 0. The molecule has 4 aromatic carbocycles. The fraction of sp³-hybridized carbons (Fsp3) is 0.143. The van der Waals surface area contributed by atoms with Crippen molar-refractivity contribution in [3.05, 3.63) is 132 Å². The van der Waals surface area contributed by atoms with E-state index >= 15 is 0 Å². The number of benzene rings is 4. The standard InChI is InChI=1S/C28H27Si2/c1-23-13-12-16-25(21-23)28(2,29-22-24-14-6-3-7-15-24)30(26-17-8-4-9-18-26)27-19-10-5-11-20-27/h3-21H,22H2,1-2H3. The van der Waals surface area contributed by atoms with Crippen molar-refractivity contribution in [3.8, 4) is 0 Å². The van der Waals surface area contributed by atoms with E-state index in [2.05, 4.69) is 129 Å². The maximum absolute atomic E-state index is 2.51. The summed E-state index contributed by atoms with van der Waals surface area (Å²) in [7, 11) is -0.259. The summed E-state index contributed by atoms with van der Waals surface area (Å²) < 4.78 is 0.0925. The predicted molar refractivity (Wildman–Crippen MR) is 132 cm³/mol. The first kappa shape index (κ1) is 20.6. The molecular weight excluding hydrogens is 392 g/mol. The number of hydrogen-bond donors (Lipinski definition) is 0. The Morgan fingerprint density at radius 1 is 0.667 bits per heavy atom. The zero-order valence-corrected chi connectivity index (χ0v) is 19.7. The number of aryl methyl sites for hydroxylation is 1. The van der Waals surface area contributed by atoms with Gasteiger partial charge in [0.25, 0.3) is 0 Å². The van der Waals surface area contributed by atoms with Crippen molar-refractivity contribution >= 4 is 28.7 Å². The van der Waals surface area contributed by atoms with Gasteiger partial charge in [0.2, 0.25) is 0 Å². The molecule has 1 atom stereocenters. The maximum atomic E-state index is 2.51. The molecule has 4 aromatic rings. The molecule has 0 N–H and O–H groups in total. The minimum atomic E-state index is -1.06. The minimum Gasteiger partial charge on any atom is -0.0628 e. The molecule has 0 saturated carbocycles. The van der Waals surface area contributed by atoms with Crippen molar-refractivity contribution in [1.82, 2.24) is 0 Å². The molecule has 4 rings (SSSR count). The van der Waals surface area contributed by atoms with Gasteiger partial charge in [-0.3, -0.25) is 0 Å². The van der Waals surface area contributed by atoms with Gasteiger partial charge in [-0.05, 0) is 23.2 Å². The maximum Gasteiger partial charge on any atom is 0.128 e. The zero-order chi connectivity index (χ0) is 20.8. The van der Waals surface area contributed by atoms with E-state index in [1.54, 1.807) is 0 Å². The highest BCUT2D eigenvalue weighted by Gasteiger charge is 2.40. The van der Waals surface area contributed by atoms with Crippen LogP contribution in [0.4, 0.5) is 0 Å². The Kier molecular flexibility index (Phi) is 6.46. The molecule has 0 aromatic heterocycles. The summed E-state index contributed by atoms with van der Waals surface area (Å²) in [6.45, 7) is 4.72. The van der Waals surface area contributed by atoms with Crippen LogP contribution in [0.25, 0.3) is 0 Å². The van der Waals surface area contributed by atoms with E-state index in [-0.39, 0.29) is 4.66 Å². The van der Waals surface area contributed by atoms with Crippen molar-refractivity contribution in [1.29, 1.82) is 0 Å². The number of rotatable bonds is 7. The van der Waals surface area contributed by atoms with E-state index in [4.69, 9.17) is 0 Å². The average molecular weight is 420 g/mol. The van der Waals surface area contributed by atoms with E-state index < -0.39 is 8.80 Å². The molecule has 1 unspecified atom stereocenters. The second-order valence-corrected chi connectivity index (χ2v) is 13.1. The van der Waals surface area contributed by atoms with Gasteiger partial charge in [-0.2, -0.15) is 0 Å². The van der Waals surface area contributed by atoms with Crippen LogP contribution in [0.2, 0.25) is 0 Å². The fourth-order valence-electron chi connectivity index (χ4n) is 4.12. The van der Waals surface area contributed by atoms with Crippen LogP contribution in [0, 0.1) is 6.92 Å². The van der Waals surface area contributed by atoms with Crippen LogP contribution in [-0.4, -0.2) is 18.3 Å². The van der Waals surface area contributed by atoms with Crippen LogP contribution in [-0.2, 0) is 10.7 Å². The second-order valence-electron chi connectivity index (χ2n) is 7.94. The normalized spacial score (nSPS) is 13.2. The van der Waals surface area contributed by atoms with E-state index in [1.807, 2.05) is 0 Å². The minimum absolute atomic E-state index is 0.0925. The first-order valence-electron chi connectivity index (χ1n) is 10.5. The van der Waals surface area contributed by atoms with Crippen LogP contribution in [0.15, 0.2) is 115 Å². The Balaban J connectivity index is 1.85. The van der Waals surface area contributed by atoms with E-state index in [1.165, 1.54) is 27.1 Å². The zero-order valence-electron chi connectivity index (χ0n) is 17.7. The van der Waals surface area contributed by atoms with Crippen LogP contribution < -0.4 is 10.4 Å². The topological polar surface area (TPSA) is 0 Å². The molecule has 0 bridgehead atoms. The molecule has 0 heterocycles. The summed E-state index contributed by atoms with van der Waals surface area (Å²) >= 11 is 0. The molecule has 0 saturated heterocycles. The summed E-state index contributed by atoms with van der Waals surface area (Å²) in [6, 6.07) is 43.6. The first-order chi connectivity index (χ1) is 14.7. The van der Waals surface area contributed by atoms with Gasteiger partial charge < -0.3 is 0 Å². The monoisotopic (exact) mass is 419 g/mol. The third-order valence-corrected chi connectivity index (χ3v) is 11.7. The van der Waals surface area contributed by atoms with Crippen LogP contribution in [0.1, 0.15) is 23.6 Å². The predicted octanol–water partition coefficient (Wildman–Crippen LogP) is 4.96. The van der Waals surface area contributed by atoms with E-state index in [0.717, 1.165) is 15.6 Å². The molecule has 0 aliphatic rings. The Morgan fingerprint density at radius 2 is 1.20 bits per heavy atom. The lowest BCUT2D eigenvalue weighted by atomic mass is 10.1. The highest BCUT2D eigenvalue weighted by molar-refractivity contribution is 6.93. The Hall–Kier alpha value is -2.69. The molecule has 0 spiro atoms. The molecule has 0 aliphatic carbocycles. The summed E-state index contributed by atoms with van der Waals surface area (Å²) in [5.74, 6) is 0. The molecule has 0 amide bonds. The lowest BCUT2D eigenvalue weighted by Gasteiger charge is -2.38. The van der Waals surface area contributed by atoms with E-state index in [0.29, 0.717) is 0 Å². The number of hydrogen-bond acceptors (Lipinski definition) is 0. The lowest BCUT2D eigenvalue weighted by molar-refractivity contribution is 0.921. The third-order valence-electron chi connectivity index (χ3n) is 5.71. The van der Waals surface area contributed by atoms with Crippen molar-refractivity contribution in [2.24, 2.45) is 0 Å². The molecule has 3 radical (unpaired) electrons. The molecule has 30 heavy (non-hydrogen) atoms. The first-order valence-corrected chi connectivity index (χ1v) is 13.2. The smallest absolute Gasteiger partial charge is 0.0628 e. The summed E-state index contributed by atoms with van der Waals surface area (Å²) in [4.78, 5) is 0. The van der Waals surface area contributed by atoms with Gasteiger partial charge in [-0.25, -0.2) is 0 Å². The van der Waals surface area contributed by atoms with Gasteiger partial charge in [-0.15, -0.1) is 0 Å². The summed E-state index contributed by atoms with van der Waals surface area (Å²) in [5.41, 5.74) is 4.24. The van der Waals surface area contributed by atoms with Crippen molar-refractivity contribution < 1.29 is 0 Å². The molecule has 0 fully saturated rings. The van der Waals surface area contributed by atoms with Gasteiger partial charge in [-0.1, -0.05) is 144 Å². The molecular formula is C28H27Si2. The molecule has 2 heteroatoms. The summed E-state index contributed by atoms with van der Waals surface area (Å²) in [5, 5.41) is 2.97. The average Bonchev–Trinajstić information content (AvgIpc) is 2.80. The lowest BCUT2D eigenvalue weighted by Crippen LogP contribution is -2.60. The SMILES string of the molecule is Cc1cccc(C(C)([Si]Cc2ccccc2)[Si](c2ccccc2)c2ccccc2)c1. The third kappa shape index (κ3) is 4.56. The Bertz CT molecular complexity index is 1020. The van der Waals surface area contributed by atoms with Crippen molar-refractivity contribution in [2.75, 3.05) is 0 Å². The van der Waals surface area contributed by atoms with Crippen molar-refractivity contribution in [3.63, 3.8) is 0 Å². The van der Waals surface area contributed by atoms with Crippen LogP contribution in [0.3, 0.4) is 0 Å². The van der Waals surface area contributed by atoms with E-state index in [9.17, 15) is 0 Å². The Labute approximate surface area is 185 Å². The quantitative estimate of drug-likeness (QED) is 0.371. The second kappa shape index (κ2) is 9.42. The highest BCUT2D eigenvalue weighted by Crippen LogP contribution is 2.28. The molecule has 147 valence electrons. The van der Waals surface area contributed by atoms with Gasteiger partial charge in [0.05, 0.1) is 9.52 Å². The Morgan fingerprint density at radius 3 is 1.73 bits per heavy atom. The molecule has 0 aliphatic heterocycles. The largest absolute Gasteiger partial charge is 0.128 e. The van der Waals surface area contributed by atoms with Crippen LogP contribution in [0.5, 0.6) is 0 Å². The van der Waals surface area contributed by atoms with Gasteiger partial charge in [0.15, 0.2) is 0 Å². The van der Waals surface area contributed by atoms with Crippen molar-refractivity contribution in [2.45, 2.75) is 24.6 Å².